The first kappa shape index (κ1) is 20.8. The van der Waals surface area contributed by atoms with Crippen LogP contribution in [0.1, 0.15) is 23.6 Å². The molecule has 0 amide bonds. The molecule has 11 heteroatoms. The zero-order valence-corrected chi connectivity index (χ0v) is 17.4. The van der Waals surface area contributed by atoms with E-state index in [-0.39, 0.29) is 11.4 Å². The number of hydrogen-bond acceptors (Lipinski definition) is 6. The molecule has 0 saturated carbocycles. The second kappa shape index (κ2) is 7.48. The number of rotatable bonds is 6. The molecule has 0 unspecified atom stereocenters. The number of benzene rings is 2. The maximum atomic E-state index is 12.0. The summed E-state index contributed by atoms with van der Waals surface area (Å²) in [4.78, 5) is 0. The number of aromatic hydroxyl groups is 1. The number of nitrogens with zero attached hydrogens (tertiary/aromatic N) is 1. The summed E-state index contributed by atoms with van der Waals surface area (Å²) in [6, 6.07) is 9.84. The van der Waals surface area contributed by atoms with E-state index in [0.717, 1.165) is 34.3 Å². The van der Waals surface area contributed by atoms with Gasteiger partial charge in [0.05, 0.1) is 18.1 Å². The molecule has 2 aromatic carbocycles. The second-order valence-electron chi connectivity index (χ2n) is 6.64. The third kappa shape index (κ3) is 4.74. The summed E-state index contributed by atoms with van der Waals surface area (Å²) in [6.07, 6.45) is 3.10. The van der Waals surface area contributed by atoms with Crippen LogP contribution in [-0.4, -0.2) is 33.3 Å². The van der Waals surface area contributed by atoms with Gasteiger partial charge in [0, 0.05) is 0 Å². The van der Waals surface area contributed by atoms with Gasteiger partial charge in [-0.05, 0) is 47.7 Å². The summed E-state index contributed by atoms with van der Waals surface area (Å²) in [7, 11) is -7.48. The Hall–Kier alpha value is -2.92. The van der Waals surface area contributed by atoms with Gasteiger partial charge in [-0.25, -0.2) is 17.4 Å². The zero-order chi connectivity index (χ0) is 21.4. The summed E-state index contributed by atoms with van der Waals surface area (Å²) in [5.74, 6) is -0.857. The van der Waals surface area contributed by atoms with Crippen LogP contribution in [-0.2, 0) is 33.1 Å². The Labute approximate surface area is 169 Å². The Balaban J connectivity index is 1.95. The van der Waals surface area contributed by atoms with E-state index in [9.17, 15) is 27.0 Å². The molecule has 1 aliphatic rings. The number of nitrogens with one attached hydrogen (secondary N) is 2. The average molecular weight is 440 g/mol. The summed E-state index contributed by atoms with van der Waals surface area (Å²) in [6.45, 7) is 1.98. The SMILES string of the molecule is CCc1ccc(NS(C)(=O)=O)c(Cc2ccc(N3C=C(O)NS3(=O)=O)c(O)c2)c1. The normalized spacial score (nSPS) is 15.7. The van der Waals surface area contributed by atoms with Gasteiger partial charge in [0.25, 0.3) is 0 Å². The van der Waals surface area contributed by atoms with Gasteiger partial charge < -0.3 is 10.2 Å². The molecule has 4 N–H and O–H groups in total. The zero-order valence-electron chi connectivity index (χ0n) is 15.7. The van der Waals surface area contributed by atoms with Crippen LogP contribution < -0.4 is 13.7 Å². The summed E-state index contributed by atoms with van der Waals surface area (Å²) in [5, 5.41) is 19.7. The van der Waals surface area contributed by atoms with E-state index < -0.39 is 26.1 Å². The van der Waals surface area contributed by atoms with Gasteiger partial charge in [-0.1, -0.05) is 25.1 Å². The predicted molar refractivity (Wildman–Crippen MR) is 110 cm³/mol. The highest BCUT2D eigenvalue weighted by molar-refractivity contribution is 7.92. The molecule has 0 spiro atoms. The molecular weight excluding hydrogens is 418 g/mol. The maximum absolute atomic E-state index is 12.0. The number of phenolic OH excluding ortho intramolecular Hbond substituents is 1. The minimum absolute atomic E-state index is 0.0258. The van der Waals surface area contributed by atoms with Gasteiger partial charge in [-0.2, -0.15) is 8.42 Å². The van der Waals surface area contributed by atoms with Crippen molar-refractivity contribution in [1.82, 2.24) is 4.72 Å². The third-order valence-corrected chi connectivity index (χ3v) is 6.15. The topological polar surface area (TPSA) is 136 Å². The smallest absolute Gasteiger partial charge is 0.330 e. The molecule has 0 fully saturated rings. The molecule has 29 heavy (non-hydrogen) atoms. The van der Waals surface area contributed by atoms with Gasteiger partial charge in [-0.3, -0.25) is 4.72 Å². The minimum Gasteiger partial charge on any atom is -0.506 e. The van der Waals surface area contributed by atoms with Crippen molar-refractivity contribution in [2.45, 2.75) is 19.8 Å². The van der Waals surface area contributed by atoms with Crippen LogP contribution in [0.2, 0.25) is 0 Å². The standard InChI is InChI=1S/C18H21N3O6S2/c1-3-12-4-6-15(19-28(2,24)25)14(8-12)9-13-5-7-16(17(22)10-13)21-11-18(23)20-29(21,26)27/h4-8,10-11,19-20,22-23H,3,9H2,1-2H3. The summed E-state index contributed by atoms with van der Waals surface area (Å²) in [5.41, 5.74) is 2.80. The fourth-order valence-corrected chi connectivity index (χ4v) is 4.65. The van der Waals surface area contributed by atoms with Gasteiger partial charge in [-0.15, -0.1) is 0 Å². The van der Waals surface area contributed by atoms with Crippen molar-refractivity contribution >= 4 is 31.6 Å². The van der Waals surface area contributed by atoms with Crippen molar-refractivity contribution in [3.8, 4) is 5.75 Å². The summed E-state index contributed by atoms with van der Waals surface area (Å²) >= 11 is 0. The molecule has 156 valence electrons. The molecule has 3 rings (SSSR count). The van der Waals surface area contributed by atoms with E-state index in [1.807, 2.05) is 23.8 Å². The molecule has 0 atom stereocenters. The third-order valence-electron chi connectivity index (χ3n) is 4.28. The van der Waals surface area contributed by atoms with Gasteiger partial charge >= 0.3 is 10.2 Å². The number of phenols is 1. The Morgan fingerprint density at radius 2 is 1.79 bits per heavy atom. The highest BCUT2D eigenvalue weighted by atomic mass is 32.2. The van der Waals surface area contributed by atoms with Crippen LogP contribution >= 0.6 is 0 Å². The van der Waals surface area contributed by atoms with Crippen molar-refractivity contribution in [2.24, 2.45) is 0 Å². The number of anilines is 2. The highest BCUT2D eigenvalue weighted by Crippen LogP contribution is 2.33. The van der Waals surface area contributed by atoms with Crippen molar-refractivity contribution in [1.29, 1.82) is 0 Å². The van der Waals surface area contributed by atoms with Crippen LogP contribution in [0.3, 0.4) is 0 Å². The molecule has 0 radical (unpaired) electrons. The lowest BCUT2D eigenvalue weighted by Crippen LogP contribution is -2.29. The fraction of sp³-hybridized carbons (Fsp3) is 0.222. The lowest BCUT2D eigenvalue weighted by atomic mass is 9.99. The predicted octanol–water partition coefficient (Wildman–Crippen LogP) is 1.93. The number of hydrogen-bond donors (Lipinski definition) is 4. The Kier molecular flexibility index (Phi) is 5.37. The van der Waals surface area contributed by atoms with E-state index >= 15 is 0 Å². The quantitative estimate of drug-likeness (QED) is 0.543. The lowest BCUT2D eigenvalue weighted by molar-refractivity contribution is 0.392. The molecule has 2 aromatic rings. The monoisotopic (exact) mass is 439 g/mol. The highest BCUT2D eigenvalue weighted by Gasteiger charge is 2.30. The van der Waals surface area contributed by atoms with Crippen molar-refractivity contribution in [3.63, 3.8) is 0 Å². The first-order chi connectivity index (χ1) is 13.5. The minimum atomic E-state index is -4.02. The van der Waals surface area contributed by atoms with Crippen molar-refractivity contribution < 1.29 is 27.0 Å². The van der Waals surface area contributed by atoms with E-state index in [0.29, 0.717) is 17.7 Å². The average Bonchev–Trinajstić information content (AvgIpc) is 2.87. The summed E-state index contributed by atoms with van der Waals surface area (Å²) < 4.78 is 52.4. The van der Waals surface area contributed by atoms with Crippen LogP contribution in [0.25, 0.3) is 0 Å². The van der Waals surface area contributed by atoms with E-state index in [2.05, 4.69) is 4.72 Å². The molecule has 0 aliphatic carbocycles. The fourth-order valence-electron chi connectivity index (χ4n) is 2.98. The largest absolute Gasteiger partial charge is 0.506 e. The van der Waals surface area contributed by atoms with Crippen LogP contribution in [0, 0.1) is 0 Å². The van der Waals surface area contributed by atoms with Crippen LogP contribution in [0.4, 0.5) is 11.4 Å². The number of aryl methyl sites for hydroxylation is 1. The molecular formula is C18H21N3O6S2. The molecule has 0 aromatic heterocycles. The number of aliphatic hydroxyl groups excluding tert-OH is 1. The van der Waals surface area contributed by atoms with E-state index in [1.165, 1.54) is 12.1 Å². The van der Waals surface area contributed by atoms with E-state index in [1.54, 1.807) is 12.1 Å². The molecule has 0 bridgehead atoms. The molecule has 1 heterocycles. The number of aliphatic hydroxyl groups is 1. The Morgan fingerprint density at radius 1 is 1.10 bits per heavy atom. The van der Waals surface area contributed by atoms with Crippen LogP contribution in [0.5, 0.6) is 5.75 Å². The molecule has 9 nitrogen and oxygen atoms in total. The Bertz CT molecular complexity index is 1190. The Morgan fingerprint density at radius 3 is 2.34 bits per heavy atom. The lowest BCUT2D eigenvalue weighted by Gasteiger charge is -2.17. The first-order valence-corrected chi connectivity index (χ1v) is 12.0. The first-order valence-electron chi connectivity index (χ1n) is 8.63. The van der Waals surface area contributed by atoms with Crippen LogP contribution in [0.15, 0.2) is 48.5 Å². The second-order valence-corrected chi connectivity index (χ2v) is 9.93. The molecule has 0 saturated heterocycles. The maximum Gasteiger partial charge on any atom is 0.330 e. The van der Waals surface area contributed by atoms with E-state index in [4.69, 9.17) is 0 Å². The van der Waals surface area contributed by atoms with Gasteiger partial charge in [0.1, 0.15) is 11.4 Å². The van der Waals surface area contributed by atoms with Gasteiger partial charge in [0.2, 0.25) is 15.9 Å². The van der Waals surface area contributed by atoms with Gasteiger partial charge in [0.15, 0.2) is 0 Å². The van der Waals surface area contributed by atoms with Crippen molar-refractivity contribution in [2.75, 3.05) is 15.3 Å². The van der Waals surface area contributed by atoms with Crippen molar-refractivity contribution in [3.05, 3.63) is 65.2 Å². The molecule has 1 aliphatic heterocycles. The number of sulfonamides is 1.